The van der Waals surface area contributed by atoms with Crippen molar-refractivity contribution in [3.63, 3.8) is 0 Å². The zero-order chi connectivity index (χ0) is 20.2. The molecule has 4 rings (SSSR count). The van der Waals surface area contributed by atoms with Gasteiger partial charge in [-0.1, -0.05) is 41.4 Å². The molecule has 0 atom stereocenters. The average Bonchev–Trinajstić information content (AvgIpc) is 2.96. The quantitative estimate of drug-likeness (QED) is 0.765. The van der Waals surface area contributed by atoms with Crippen LogP contribution in [-0.2, 0) is 17.8 Å². The highest BCUT2D eigenvalue weighted by molar-refractivity contribution is 6.32. The summed E-state index contributed by atoms with van der Waals surface area (Å²) < 4.78 is 11.5. The van der Waals surface area contributed by atoms with Gasteiger partial charge >= 0.3 is 0 Å². The fraction of sp³-hybridized carbons (Fsp3) is 0.435. The lowest BCUT2D eigenvalue weighted by molar-refractivity contribution is -0.132. The Hall–Kier alpha value is -2.24. The summed E-state index contributed by atoms with van der Waals surface area (Å²) in [5.41, 5.74) is 3.40. The van der Waals surface area contributed by atoms with Crippen LogP contribution in [0.2, 0.25) is 5.02 Å². The molecule has 0 aromatic heterocycles. The van der Waals surface area contributed by atoms with Crippen LogP contribution in [0.4, 0.5) is 0 Å². The maximum absolute atomic E-state index is 12.6. The number of benzene rings is 2. The largest absolute Gasteiger partial charge is 0.489 e. The molecule has 154 valence electrons. The van der Waals surface area contributed by atoms with Crippen LogP contribution >= 0.6 is 11.6 Å². The number of hydrogen-bond donors (Lipinski definition) is 0. The fourth-order valence-electron chi connectivity index (χ4n) is 3.78. The second-order valence-corrected chi connectivity index (χ2v) is 8.18. The molecule has 0 N–H and O–H groups in total. The first kappa shape index (κ1) is 20.0. The monoisotopic (exact) mass is 414 g/mol. The number of piperazine rings is 1. The maximum Gasteiger partial charge on any atom is 0.227 e. The molecule has 1 saturated heterocycles. The van der Waals surface area contributed by atoms with Gasteiger partial charge in [0.25, 0.3) is 0 Å². The Labute approximate surface area is 177 Å². The van der Waals surface area contributed by atoms with Crippen LogP contribution in [0.1, 0.15) is 23.1 Å². The molecule has 5 nitrogen and oxygen atoms in total. The highest BCUT2D eigenvalue weighted by atomic mass is 35.5. The average molecular weight is 415 g/mol. The summed E-state index contributed by atoms with van der Waals surface area (Å²) >= 11 is 6.41. The number of halogens is 1. The van der Waals surface area contributed by atoms with Crippen molar-refractivity contribution in [2.45, 2.75) is 26.3 Å². The van der Waals surface area contributed by atoms with Crippen LogP contribution in [0.15, 0.2) is 36.4 Å². The number of hydrogen-bond acceptors (Lipinski definition) is 4. The number of nitrogens with zero attached hydrogens (tertiary/aromatic N) is 2. The minimum Gasteiger partial charge on any atom is -0.489 e. The highest BCUT2D eigenvalue weighted by Gasteiger charge is 2.22. The van der Waals surface area contributed by atoms with Crippen LogP contribution in [-0.4, -0.2) is 55.1 Å². The van der Waals surface area contributed by atoms with Gasteiger partial charge in [0.1, 0.15) is 0 Å². The Bertz CT molecular complexity index is 861. The minimum absolute atomic E-state index is 0.201. The number of carbonyl (C=O) groups excluding carboxylic acids is 1. The third-order valence-corrected chi connectivity index (χ3v) is 5.75. The van der Waals surface area contributed by atoms with E-state index < -0.39 is 0 Å². The standard InChI is InChI=1S/C23H27ClN2O3/c1-17-3-5-18(6-4-17)15-22(27)26-9-7-25(8-10-26)16-19-13-20(24)23-21(14-19)28-11-2-12-29-23/h3-6,13-14H,2,7-12,15-16H2,1H3. The normalized spacial score (nSPS) is 17.1. The smallest absolute Gasteiger partial charge is 0.227 e. The molecule has 1 fully saturated rings. The van der Waals surface area contributed by atoms with E-state index in [2.05, 4.69) is 24.0 Å². The second kappa shape index (κ2) is 9.06. The van der Waals surface area contributed by atoms with E-state index in [0.717, 1.165) is 56.0 Å². The Morgan fingerprint density at radius 2 is 1.72 bits per heavy atom. The molecule has 0 saturated carbocycles. The van der Waals surface area contributed by atoms with Crippen molar-refractivity contribution in [2.24, 2.45) is 0 Å². The lowest BCUT2D eigenvalue weighted by Crippen LogP contribution is -2.48. The third-order valence-electron chi connectivity index (χ3n) is 5.47. The number of carbonyl (C=O) groups is 1. The zero-order valence-electron chi connectivity index (χ0n) is 16.8. The molecule has 2 aliphatic heterocycles. The molecule has 1 amide bonds. The van der Waals surface area contributed by atoms with Crippen molar-refractivity contribution in [1.29, 1.82) is 0 Å². The number of fused-ring (bicyclic) bond motifs is 1. The third kappa shape index (κ3) is 5.03. The van der Waals surface area contributed by atoms with E-state index in [0.29, 0.717) is 30.4 Å². The Kier molecular flexibility index (Phi) is 6.26. The topological polar surface area (TPSA) is 42.0 Å². The lowest BCUT2D eigenvalue weighted by atomic mass is 10.1. The molecule has 2 aliphatic rings. The van der Waals surface area contributed by atoms with Crippen LogP contribution in [0.3, 0.4) is 0 Å². The predicted molar refractivity (Wildman–Crippen MR) is 114 cm³/mol. The molecular formula is C23H27ClN2O3. The first-order chi connectivity index (χ1) is 14.1. The van der Waals surface area contributed by atoms with E-state index in [4.69, 9.17) is 21.1 Å². The fourth-order valence-corrected chi connectivity index (χ4v) is 4.07. The summed E-state index contributed by atoms with van der Waals surface area (Å²) in [5.74, 6) is 1.59. The summed E-state index contributed by atoms with van der Waals surface area (Å²) in [4.78, 5) is 16.9. The summed E-state index contributed by atoms with van der Waals surface area (Å²) in [7, 11) is 0. The number of amides is 1. The Morgan fingerprint density at radius 3 is 2.48 bits per heavy atom. The molecule has 0 bridgehead atoms. The predicted octanol–water partition coefficient (Wildman–Crippen LogP) is 3.70. The molecule has 0 unspecified atom stereocenters. The van der Waals surface area contributed by atoms with Crippen molar-refractivity contribution in [2.75, 3.05) is 39.4 Å². The summed E-state index contributed by atoms with van der Waals surface area (Å²) in [6.45, 7) is 7.33. The molecule has 0 spiro atoms. The molecule has 2 heterocycles. The lowest BCUT2D eigenvalue weighted by Gasteiger charge is -2.35. The van der Waals surface area contributed by atoms with Crippen LogP contribution < -0.4 is 9.47 Å². The van der Waals surface area contributed by atoms with E-state index >= 15 is 0 Å². The van der Waals surface area contributed by atoms with Gasteiger partial charge in [0.15, 0.2) is 11.5 Å². The van der Waals surface area contributed by atoms with Gasteiger partial charge in [0, 0.05) is 39.1 Å². The van der Waals surface area contributed by atoms with Crippen LogP contribution in [0.5, 0.6) is 11.5 Å². The van der Waals surface area contributed by atoms with Gasteiger partial charge in [-0.05, 0) is 30.2 Å². The minimum atomic E-state index is 0.201. The Balaban J connectivity index is 1.32. The SMILES string of the molecule is Cc1ccc(CC(=O)N2CCN(Cc3cc(Cl)c4c(c3)OCCCO4)CC2)cc1. The van der Waals surface area contributed by atoms with Crippen molar-refractivity contribution >= 4 is 17.5 Å². The summed E-state index contributed by atoms with van der Waals surface area (Å²) in [5, 5.41) is 0.603. The van der Waals surface area contributed by atoms with Crippen LogP contribution in [0, 0.1) is 6.92 Å². The summed E-state index contributed by atoms with van der Waals surface area (Å²) in [6.07, 6.45) is 1.33. The molecule has 29 heavy (non-hydrogen) atoms. The molecule has 2 aromatic rings. The van der Waals surface area contributed by atoms with Gasteiger partial charge in [-0.2, -0.15) is 0 Å². The number of ether oxygens (including phenoxy) is 2. The molecule has 0 aliphatic carbocycles. The van der Waals surface area contributed by atoms with E-state index in [1.54, 1.807) is 0 Å². The Morgan fingerprint density at radius 1 is 1.00 bits per heavy atom. The molecule has 6 heteroatoms. The first-order valence-corrected chi connectivity index (χ1v) is 10.6. The number of rotatable bonds is 4. The van der Waals surface area contributed by atoms with Gasteiger partial charge in [-0.3, -0.25) is 9.69 Å². The van der Waals surface area contributed by atoms with E-state index in [1.165, 1.54) is 5.56 Å². The van der Waals surface area contributed by atoms with Gasteiger partial charge in [0.05, 0.1) is 24.7 Å². The van der Waals surface area contributed by atoms with Gasteiger partial charge in [0.2, 0.25) is 5.91 Å². The van der Waals surface area contributed by atoms with Gasteiger partial charge < -0.3 is 14.4 Å². The van der Waals surface area contributed by atoms with E-state index in [9.17, 15) is 4.79 Å². The van der Waals surface area contributed by atoms with Crippen molar-refractivity contribution in [3.8, 4) is 11.5 Å². The molecule has 0 radical (unpaired) electrons. The summed E-state index contributed by atoms with van der Waals surface area (Å²) in [6, 6.07) is 12.2. The van der Waals surface area contributed by atoms with Crippen molar-refractivity contribution < 1.29 is 14.3 Å². The molecular weight excluding hydrogens is 388 g/mol. The maximum atomic E-state index is 12.6. The van der Waals surface area contributed by atoms with Gasteiger partial charge in [-0.25, -0.2) is 0 Å². The number of aryl methyl sites for hydroxylation is 1. The van der Waals surface area contributed by atoms with E-state index in [1.807, 2.05) is 29.2 Å². The van der Waals surface area contributed by atoms with Crippen LogP contribution in [0.25, 0.3) is 0 Å². The van der Waals surface area contributed by atoms with E-state index in [-0.39, 0.29) is 5.91 Å². The van der Waals surface area contributed by atoms with Gasteiger partial charge in [-0.15, -0.1) is 0 Å². The molecule has 2 aromatic carbocycles. The highest BCUT2D eigenvalue weighted by Crippen LogP contribution is 2.38. The second-order valence-electron chi connectivity index (χ2n) is 7.77. The van der Waals surface area contributed by atoms with Crippen molar-refractivity contribution in [3.05, 3.63) is 58.1 Å². The first-order valence-electron chi connectivity index (χ1n) is 10.2. The zero-order valence-corrected chi connectivity index (χ0v) is 17.6. The van der Waals surface area contributed by atoms with Crippen molar-refractivity contribution in [1.82, 2.24) is 9.80 Å².